The summed E-state index contributed by atoms with van der Waals surface area (Å²) >= 11 is 0. The molecule has 0 aliphatic rings. The molecule has 0 heterocycles. The first kappa shape index (κ1) is 19.0. The number of carboxylic acid groups (broad SMARTS) is 1. The molecule has 0 spiro atoms. The fourth-order valence-corrected chi connectivity index (χ4v) is 2.03. The van der Waals surface area contributed by atoms with Crippen LogP contribution < -0.4 is 5.32 Å². The van der Waals surface area contributed by atoms with Crippen molar-refractivity contribution in [1.82, 2.24) is 5.32 Å². The molecule has 128 valence electrons. The molecule has 0 saturated heterocycles. The van der Waals surface area contributed by atoms with Crippen molar-refractivity contribution < 1.29 is 19.4 Å². The molecule has 1 rings (SSSR count). The number of carbonyl (C=O) groups excluding carboxylic acids is 1. The van der Waals surface area contributed by atoms with Crippen LogP contribution in [0.5, 0.6) is 0 Å². The van der Waals surface area contributed by atoms with Gasteiger partial charge in [0.2, 0.25) is 0 Å². The monoisotopic (exact) mass is 321 g/mol. The maximum atomic E-state index is 11.8. The third kappa shape index (κ3) is 6.72. The molecule has 1 aromatic carbocycles. The second kappa shape index (κ2) is 7.02. The molecule has 0 aliphatic heterocycles. The molecule has 0 bridgehead atoms. The lowest BCUT2D eigenvalue weighted by atomic mass is 9.86. The van der Waals surface area contributed by atoms with Gasteiger partial charge in [-0.3, -0.25) is 0 Å². The maximum Gasteiger partial charge on any atom is 0.408 e. The van der Waals surface area contributed by atoms with Crippen molar-refractivity contribution in [3.05, 3.63) is 35.4 Å². The fraction of sp³-hybridized carbons (Fsp3) is 0.556. The molecule has 1 atom stereocenters. The highest BCUT2D eigenvalue weighted by Gasteiger charge is 2.24. The van der Waals surface area contributed by atoms with Crippen LogP contribution in [0, 0.1) is 0 Å². The third-order valence-corrected chi connectivity index (χ3v) is 3.25. The molecule has 0 unspecified atom stereocenters. The molecule has 0 radical (unpaired) electrons. The molecule has 0 saturated carbocycles. The van der Waals surface area contributed by atoms with Crippen molar-refractivity contribution in [3.63, 3.8) is 0 Å². The Bertz CT molecular complexity index is 550. The zero-order chi connectivity index (χ0) is 17.8. The number of carboxylic acids is 1. The first-order valence-electron chi connectivity index (χ1n) is 7.70. The Balaban J connectivity index is 2.77. The second-order valence-corrected chi connectivity index (χ2v) is 7.69. The highest BCUT2D eigenvalue weighted by atomic mass is 16.6. The van der Waals surface area contributed by atoms with Crippen molar-refractivity contribution in [2.45, 2.75) is 65.0 Å². The van der Waals surface area contributed by atoms with Crippen LogP contribution in [0.1, 0.15) is 52.7 Å². The zero-order valence-corrected chi connectivity index (χ0v) is 14.8. The number of aliphatic carboxylic acids is 1. The molecule has 1 amide bonds. The predicted octanol–water partition coefficient (Wildman–Crippen LogP) is 3.50. The maximum absolute atomic E-state index is 11.8. The Morgan fingerprint density at radius 1 is 1.09 bits per heavy atom. The van der Waals surface area contributed by atoms with Gasteiger partial charge in [0.25, 0.3) is 0 Å². The van der Waals surface area contributed by atoms with Gasteiger partial charge in [0.1, 0.15) is 11.6 Å². The minimum Gasteiger partial charge on any atom is -0.480 e. The number of hydrogen-bond donors (Lipinski definition) is 2. The summed E-state index contributed by atoms with van der Waals surface area (Å²) in [6, 6.07) is 6.75. The van der Waals surface area contributed by atoms with E-state index in [1.807, 2.05) is 24.3 Å². The molecule has 2 N–H and O–H groups in total. The summed E-state index contributed by atoms with van der Waals surface area (Å²) in [7, 11) is 0. The highest BCUT2D eigenvalue weighted by molar-refractivity contribution is 5.80. The molecular formula is C18H27NO4. The number of nitrogens with one attached hydrogen (secondary N) is 1. The quantitative estimate of drug-likeness (QED) is 0.890. The zero-order valence-electron chi connectivity index (χ0n) is 14.8. The van der Waals surface area contributed by atoms with Crippen molar-refractivity contribution in [2.75, 3.05) is 0 Å². The molecule has 23 heavy (non-hydrogen) atoms. The Labute approximate surface area is 138 Å². The number of carbonyl (C=O) groups is 2. The van der Waals surface area contributed by atoms with Crippen LogP contribution in [0.2, 0.25) is 0 Å². The third-order valence-electron chi connectivity index (χ3n) is 3.25. The normalized spacial score (nSPS) is 13.3. The first-order valence-corrected chi connectivity index (χ1v) is 7.70. The van der Waals surface area contributed by atoms with E-state index in [0.717, 1.165) is 5.56 Å². The highest BCUT2D eigenvalue weighted by Crippen LogP contribution is 2.22. The van der Waals surface area contributed by atoms with Crippen LogP contribution in [-0.2, 0) is 21.4 Å². The lowest BCUT2D eigenvalue weighted by Gasteiger charge is -2.22. The van der Waals surface area contributed by atoms with Crippen molar-refractivity contribution in [3.8, 4) is 0 Å². The van der Waals surface area contributed by atoms with E-state index in [9.17, 15) is 14.7 Å². The average Bonchev–Trinajstić information content (AvgIpc) is 2.35. The van der Waals surface area contributed by atoms with E-state index in [4.69, 9.17) is 4.74 Å². The molecule has 5 heteroatoms. The lowest BCUT2D eigenvalue weighted by Crippen LogP contribution is -2.44. The van der Waals surface area contributed by atoms with E-state index >= 15 is 0 Å². The van der Waals surface area contributed by atoms with Gasteiger partial charge in [-0.1, -0.05) is 45.0 Å². The fourth-order valence-electron chi connectivity index (χ4n) is 2.03. The smallest absolute Gasteiger partial charge is 0.408 e. The van der Waals surface area contributed by atoms with Crippen molar-refractivity contribution in [1.29, 1.82) is 0 Å². The summed E-state index contributed by atoms with van der Waals surface area (Å²) in [6.45, 7) is 11.5. The SMILES string of the molecule is CC(C)(C)OC(=O)N[C@H](Cc1ccc(C(C)(C)C)cc1)C(=O)O. The van der Waals surface area contributed by atoms with Crippen LogP contribution in [0.25, 0.3) is 0 Å². The van der Waals surface area contributed by atoms with E-state index < -0.39 is 23.7 Å². The van der Waals surface area contributed by atoms with Gasteiger partial charge in [0.05, 0.1) is 0 Å². The van der Waals surface area contributed by atoms with Crippen molar-refractivity contribution >= 4 is 12.1 Å². The standard InChI is InChI=1S/C18H27NO4/c1-17(2,3)13-9-7-12(8-10-13)11-14(15(20)21)19-16(22)23-18(4,5)6/h7-10,14H,11H2,1-6H3,(H,19,22)(H,20,21)/t14-/m1/s1. The average molecular weight is 321 g/mol. The predicted molar refractivity (Wildman–Crippen MR) is 89.6 cm³/mol. The summed E-state index contributed by atoms with van der Waals surface area (Å²) in [5.74, 6) is -1.09. The van der Waals surface area contributed by atoms with Gasteiger partial charge in [-0.15, -0.1) is 0 Å². The van der Waals surface area contributed by atoms with Crippen LogP contribution in [-0.4, -0.2) is 28.8 Å². The van der Waals surface area contributed by atoms with Gasteiger partial charge in [0, 0.05) is 6.42 Å². The number of rotatable bonds is 4. The summed E-state index contributed by atoms with van der Waals surface area (Å²) in [4.78, 5) is 23.1. The number of benzene rings is 1. The molecule has 1 aromatic rings. The van der Waals surface area contributed by atoms with Gasteiger partial charge in [-0.05, 0) is 37.3 Å². The number of amides is 1. The van der Waals surface area contributed by atoms with Crippen LogP contribution in [0.15, 0.2) is 24.3 Å². The van der Waals surface area contributed by atoms with Crippen LogP contribution in [0.3, 0.4) is 0 Å². The molecule has 0 fully saturated rings. The molecule has 0 aliphatic carbocycles. The molecular weight excluding hydrogens is 294 g/mol. The number of alkyl carbamates (subject to hydrolysis) is 1. The summed E-state index contributed by atoms with van der Waals surface area (Å²) in [5.41, 5.74) is 1.40. The molecule has 0 aromatic heterocycles. The number of hydrogen-bond acceptors (Lipinski definition) is 3. The van der Waals surface area contributed by atoms with Gasteiger partial charge >= 0.3 is 12.1 Å². The van der Waals surface area contributed by atoms with Crippen LogP contribution >= 0.6 is 0 Å². The largest absolute Gasteiger partial charge is 0.480 e. The summed E-state index contributed by atoms with van der Waals surface area (Å²) in [5, 5.41) is 11.7. The van der Waals surface area contributed by atoms with Crippen LogP contribution in [0.4, 0.5) is 4.79 Å². The van der Waals surface area contributed by atoms with E-state index in [2.05, 4.69) is 26.1 Å². The summed E-state index contributed by atoms with van der Waals surface area (Å²) in [6.07, 6.45) is -0.518. The minimum atomic E-state index is -1.09. The van der Waals surface area contributed by atoms with Gasteiger partial charge < -0.3 is 15.2 Å². The topological polar surface area (TPSA) is 75.6 Å². The van der Waals surface area contributed by atoms with Crippen molar-refractivity contribution in [2.24, 2.45) is 0 Å². The van der Waals surface area contributed by atoms with Gasteiger partial charge in [-0.25, -0.2) is 9.59 Å². The van der Waals surface area contributed by atoms with E-state index in [1.165, 1.54) is 5.56 Å². The van der Waals surface area contributed by atoms with E-state index in [-0.39, 0.29) is 11.8 Å². The lowest BCUT2D eigenvalue weighted by molar-refractivity contribution is -0.139. The summed E-state index contributed by atoms with van der Waals surface area (Å²) < 4.78 is 5.11. The first-order chi connectivity index (χ1) is 10.4. The van der Waals surface area contributed by atoms with Gasteiger partial charge in [0.15, 0.2) is 0 Å². The second-order valence-electron chi connectivity index (χ2n) is 7.69. The Morgan fingerprint density at radius 3 is 2.00 bits per heavy atom. The van der Waals surface area contributed by atoms with Gasteiger partial charge in [-0.2, -0.15) is 0 Å². The molecule has 5 nitrogen and oxygen atoms in total. The Hall–Kier alpha value is -2.04. The van der Waals surface area contributed by atoms with E-state index in [1.54, 1.807) is 20.8 Å². The number of ether oxygens (including phenoxy) is 1. The Kier molecular flexibility index (Phi) is 5.81. The Morgan fingerprint density at radius 2 is 1.61 bits per heavy atom. The van der Waals surface area contributed by atoms with E-state index in [0.29, 0.717) is 0 Å². The minimum absolute atomic E-state index is 0.0412.